The highest BCUT2D eigenvalue weighted by Gasteiger charge is 2.37. The van der Waals surface area contributed by atoms with Crippen molar-refractivity contribution in [1.82, 2.24) is 14.1 Å². The van der Waals surface area contributed by atoms with Crippen LogP contribution in [0.15, 0.2) is 4.90 Å². The van der Waals surface area contributed by atoms with Crippen LogP contribution in [-0.2, 0) is 16.6 Å². The maximum Gasteiger partial charge on any atom is 0.402 e. The van der Waals surface area contributed by atoms with Crippen molar-refractivity contribution in [3.63, 3.8) is 0 Å². The van der Waals surface area contributed by atoms with Crippen molar-refractivity contribution in [3.05, 3.63) is 11.4 Å². The molecule has 20 heavy (non-hydrogen) atoms. The highest BCUT2D eigenvalue weighted by molar-refractivity contribution is 7.89. The fourth-order valence-corrected chi connectivity index (χ4v) is 3.41. The van der Waals surface area contributed by atoms with Crippen molar-refractivity contribution in [2.24, 2.45) is 5.73 Å². The third-order valence-electron chi connectivity index (χ3n) is 2.73. The van der Waals surface area contributed by atoms with Gasteiger partial charge in [0.2, 0.25) is 10.0 Å². The molecule has 0 fully saturated rings. The highest BCUT2D eigenvalue weighted by atomic mass is 32.2. The Kier molecular flexibility index (Phi) is 4.82. The second kappa shape index (κ2) is 5.70. The Morgan fingerprint density at radius 3 is 2.35 bits per heavy atom. The van der Waals surface area contributed by atoms with Crippen LogP contribution in [-0.4, -0.2) is 48.8 Å². The van der Waals surface area contributed by atoms with Gasteiger partial charge in [0, 0.05) is 13.6 Å². The molecule has 0 amide bonds. The molecule has 1 aromatic heterocycles. The van der Waals surface area contributed by atoms with Gasteiger partial charge in [0.15, 0.2) is 0 Å². The molecule has 1 rings (SSSR count). The second-order valence-electron chi connectivity index (χ2n) is 4.39. The summed E-state index contributed by atoms with van der Waals surface area (Å²) < 4.78 is 63.1. The highest BCUT2D eigenvalue weighted by Crippen LogP contribution is 2.25. The molecule has 0 aliphatic rings. The number of nitrogens with two attached hydrogens (primary N) is 1. The van der Waals surface area contributed by atoms with E-state index in [1.54, 1.807) is 0 Å². The largest absolute Gasteiger partial charge is 0.402 e. The van der Waals surface area contributed by atoms with Gasteiger partial charge in [0.05, 0.1) is 17.9 Å². The van der Waals surface area contributed by atoms with Gasteiger partial charge in [-0.1, -0.05) is 0 Å². The van der Waals surface area contributed by atoms with E-state index >= 15 is 0 Å². The predicted molar refractivity (Wildman–Crippen MR) is 66.6 cm³/mol. The summed E-state index contributed by atoms with van der Waals surface area (Å²) in [7, 11) is -3.35. The lowest BCUT2D eigenvalue weighted by molar-refractivity contribution is -0.134. The molecule has 0 saturated carbocycles. The molecule has 2 N–H and O–H groups in total. The van der Waals surface area contributed by atoms with Crippen LogP contribution < -0.4 is 5.73 Å². The fraction of sp³-hybridized carbons (Fsp3) is 0.700. The Morgan fingerprint density at radius 2 is 1.90 bits per heavy atom. The lowest BCUT2D eigenvalue weighted by Crippen LogP contribution is -2.36. The van der Waals surface area contributed by atoms with Crippen LogP contribution in [0.2, 0.25) is 0 Å². The van der Waals surface area contributed by atoms with Gasteiger partial charge in [0.25, 0.3) is 0 Å². The first-order valence-electron chi connectivity index (χ1n) is 5.78. The van der Waals surface area contributed by atoms with E-state index in [0.29, 0.717) is 6.54 Å². The van der Waals surface area contributed by atoms with Gasteiger partial charge in [0.1, 0.15) is 11.4 Å². The number of halogens is 3. The molecular formula is C10H17F3N4O2S. The fourth-order valence-electron chi connectivity index (χ4n) is 1.89. The van der Waals surface area contributed by atoms with Crippen molar-refractivity contribution in [2.75, 3.05) is 20.1 Å². The average Bonchev–Trinajstić information content (AvgIpc) is 2.52. The topological polar surface area (TPSA) is 81.2 Å². The third kappa shape index (κ3) is 3.49. The maximum absolute atomic E-state index is 12.3. The SMILES string of the molecule is Cc1nn(CCN)c(C)c1S(=O)(=O)N(C)CC(F)(F)F. The van der Waals surface area contributed by atoms with Crippen LogP contribution in [0.3, 0.4) is 0 Å². The van der Waals surface area contributed by atoms with E-state index in [1.165, 1.54) is 18.5 Å². The van der Waals surface area contributed by atoms with Crippen LogP contribution in [0, 0.1) is 13.8 Å². The van der Waals surface area contributed by atoms with Crippen LogP contribution in [0.5, 0.6) is 0 Å². The Labute approximate surface area is 115 Å². The van der Waals surface area contributed by atoms with Gasteiger partial charge in [-0.15, -0.1) is 0 Å². The zero-order chi connectivity index (χ0) is 15.7. The van der Waals surface area contributed by atoms with E-state index in [0.717, 1.165) is 7.05 Å². The second-order valence-corrected chi connectivity index (χ2v) is 6.37. The third-order valence-corrected chi connectivity index (χ3v) is 4.78. The van der Waals surface area contributed by atoms with Crippen molar-refractivity contribution in [2.45, 2.75) is 31.5 Å². The molecule has 0 aliphatic heterocycles. The standard InChI is InChI=1S/C10H17F3N4O2S/c1-7-9(8(2)17(15-7)5-4-14)20(18,19)16(3)6-10(11,12)13/h4-6,14H2,1-3H3. The number of hydrogen-bond donors (Lipinski definition) is 1. The van der Waals surface area contributed by atoms with E-state index in [9.17, 15) is 21.6 Å². The molecule has 0 spiro atoms. The van der Waals surface area contributed by atoms with E-state index in [1.807, 2.05) is 0 Å². The van der Waals surface area contributed by atoms with E-state index in [2.05, 4.69) is 5.10 Å². The van der Waals surface area contributed by atoms with Crippen LogP contribution >= 0.6 is 0 Å². The Balaban J connectivity index is 3.22. The number of hydrogen-bond acceptors (Lipinski definition) is 4. The first kappa shape index (κ1) is 16.9. The van der Waals surface area contributed by atoms with Crippen molar-refractivity contribution in [3.8, 4) is 0 Å². The predicted octanol–water partition coefficient (Wildman–Crippen LogP) is 0.641. The maximum atomic E-state index is 12.3. The minimum atomic E-state index is -4.60. The first-order chi connectivity index (χ1) is 9.00. The molecule has 0 atom stereocenters. The minimum Gasteiger partial charge on any atom is -0.329 e. The smallest absolute Gasteiger partial charge is 0.329 e. The summed E-state index contributed by atoms with van der Waals surface area (Å²) in [4.78, 5) is -0.197. The zero-order valence-corrected chi connectivity index (χ0v) is 12.2. The number of nitrogens with zero attached hydrogens (tertiary/aromatic N) is 3. The van der Waals surface area contributed by atoms with Crippen molar-refractivity contribution in [1.29, 1.82) is 0 Å². The number of aryl methyl sites for hydroxylation is 1. The van der Waals surface area contributed by atoms with Crippen LogP contribution in [0.25, 0.3) is 0 Å². The first-order valence-corrected chi connectivity index (χ1v) is 7.22. The summed E-state index contributed by atoms with van der Waals surface area (Å²) in [6.07, 6.45) is -4.60. The summed E-state index contributed by atoms with van der Waals surface area (Å²) in [5.74, 6) is 0. The molecule has 0 bridgehead atoms. The van der Waals surface area contributed by atoms with E-state index < -0.39 is 22.7 Å². The summed E-state index contributed by atoms with van der Waals surface area (Å²) in [6.45, 7) is 1.93. The summed E-state index contributed by atoms with van der Waals surface area (Å²) in [6, 6.07) is 0. The molecule has 116 valence electrons. The lowest BCUT2D eigenvalue weighted by Gasteiger charge is -2.19. The lowest BCUT2D eigenvalue weighted by atomic mass is 10.4. The molecule has 10 heteroatoms. The average molecular weight is 314 g/mol. The number of aromatic nitrogens is 2. The Morgan fingerprint density at radius 1 is 1.35 bits per heavy atom. The van der Waals surface area contributed by atoms with E-state index in [4.69, 9.17) is 5.73 Å². The van der Waals surface area contributed by atoms with Gasteiger partial charge in [-0.25, -0.2) is 8.42 Å². The summed E-state index contributed by atoms with van der Waals surface area (Å²) in [5.41, 5.74) is 5.81. The van der Waals surface area contributed by atoms with E-state index in [-0.39, 0.29) is 27.1 Å². The van der Waals surface area contributed by atoms with Crippen molar-refractivity contribution < 1.29 is 21.6 Å². The van der Waals surface area contributed by atoms with Gasteiger partial charge in [-0.2, -0.15) is 22.6 Å². The molecule has 0 unspecified atom stereocenters. The molecule has 0 aromatic carbocycles. The van der Waals surface area contributed by atoms with Gasteiger partial charge in [-0.3, -0.25) is 4.68 Å². The number of sulfonamides is 1. The molecule has 0 aliphatic carbocycles. The molecule has 1 heterocycles. The normalized spacial score (nSPS) is 13.2. The molecule has 0 saturated heterocycles. The number of rotatable bonds is 5. The Hall–Kier alpha value is -1.13. The van der Waals surface area contributed by atoms with Crippen molar-refractivity contribution >= 4 is 10.0 Å². The van der Waals surface area contributed by atoms with Gasteiger partial charge < -0.3 is 5.73 Å². The minimum absolute atomic E-state index is 0.157. The molecule has 0 radical (unpaired) electrons. The molecule has 1 aromatic rings. The van der Waals surface area contributed by atoms with Gasteiger partial charge in [-0.05, 0) is 13.8 Å². The zero-order valence-electron chi connectivity index (χ0n) is 11.4. The summed E-state index contributed by atoms with van der Waals surface area (Å²) in [5, 5.41) is 3.99. The monoisotopic (exact) mass is 314 g/mol. The van der Waals surface area contributed by atoms with Gasteiger partial charge >= 0.3 is 6.18 Å². The Bertz CT molecular complexity index is 580. The van der Waals surface area contributed by atoms with Crippen LogP contribution in [0.4, 0.5) is 13.2 Å². The molecule has 6 nitrogen and oxygen atoms in total. The summed E-state index contributed by atoms with van der Waals surface area (Å²) >= 11 is 0. The van der Waals surface area contributed by atoms with Crippen LogP contribution in [0.1, 0.15) is 11.4 Å². The number of alkyl halides is 3. The molecular weight excluding hydrogens is 297 g/mol. The quantitative estimate of drug-likeness (QED) is 0.865.